The lowest BCUT2D eigenvalue weighted by molar-refractivity contribution is -0.111. The maximum Gasteiger partial charge on any atom is 0.250 e. The predicted octanol–water partition coefficient (Wildman–Crippen LogP) is 3.80. The molecule has 7 heteroatoms. The number of nitrogens with one attached hydrogen (secondary N) is 1. The van der Waals surface area contributed by atoms with Crippen LogP contribution in [0.1, 0.15) is 31.3 Å². The average molecular weight is 361 g/mol. The van der Waals surface area contributed by atoms with Gasteiger partial charge in [-0.2, -0.15) is 0 Å². The summed E-state index contributed by atoms with van der Waals surface area (Å²) in [7, 11) is 1.59. The Hall–Kier alpha value is -2.41. The highest BCUT2D eigenvalue weighted by Gasteiger charge is 2.08. The minimum atomic E-state index is -0.249. The molecule has 1 amide bonds. The molecule has 2 rings (SSSR count). The number of benzene rings is 1. The van der Waals surface area contributed by atoms with Crippen molar-refractivity contribution in [2.45, 2.75) is 27.2 Å². The van der Waals surface area contributed by atoms with Crippen LogP contribution in [0.3, 0.4) is 0 Å². The van der Waals surface area contributed by atoms with Crippen molar-refractivity contribution in [1.29, 1.82) is 0 Å². The summed E-state index contributed by atoms with van der Waals surface area (Å²) in [6.45, 7) is 6.69. The molecule has 0 aliphatic rings. The Bertz CT molecular complexity index is 741. The summed E-state index contributed by atoms with van der Waals surface area (Å²) in [5.41, 5.74) is 0.845. The van der Waals surface area contributed by atoms with Crippen LogP contribution in [-0.4, -0.2) is 29.8 Å². The first-order valence-electron chi connectivity index (χ1n) is 8.14. The first kappa shape index (κ1) is 18.9. The standard InChI is InChI=1S/C18H23N3O3S/c1-5-24-15-11-13(6-8-14(15)23-4)7-9-16(22)19-18-21-20-17(25-18)10-12(2)3/h6-9,11-12H,5,10H2,1-4H3,(H,19,21,22)/b9-7+. The van der Waals surface area contributed by atoms with Crippen LogP contribution in [0.5, 0.6) is 11.5 Å². The summed E-state index contributed by atoms with van der Waals surface area (Å²) >= 11 is 1.40. The van der Waals surface area contributed by atoms with Crippen LogP contribution in [0.25, 0.3) is 6.08 Å². The third-order valence-corrected chi connectivity index (χ3v) is 4.06. The van der Waals surface area contributed by atoms with Crippen molar-refractivity contribution in [3.8, 4) is 11.5 Å². The highest BCUT2D eigenvalue weighted by atomic mass is 32.1. The zero-order chi connectivity index (χ0) is 18.2. The van der Waals surface area contributed by atoms with Gasteiger partial charge in [0.1, 0.15) is 5.01 Å². The van der Waals surface area contributed by atoms with Crippen LogP contribution < -0.4 is 14.8 Å². The molecule has 1 aromatic carbocycles. The van der Waals surface area contributed by atoms with E-state index >= 15 is 0 Å². The summed E-state index contributed by atoms with van der Waals surface area (Å²) in [5.74, 6) is 1.57. The zero-order valence-electron chi connectivity index (χ0n) is 14.9. The number of hydrogen-bond donors (Lipinski definition) is 1. The van der Waals surface area contributed by atoms with Crippen molar-refractivity contribution in [2.24, 2.45) is 5.92 Å². The van der Waals surface area contributed by atoms with E-state index in [1.54, 1.807) is 13.2 Å². The van der Waals surface area contributed by atoms with Crippen LogP contribution in [0.15, 0.2) is 24.3 Å². The van der Waals surface area contributed by atoms with E-state index in [1.807, 2.05) is 25.1 Å². The Labute approximate surface area is 151 Å². The van der Waals surface area contributed by atoms with E-state index in [0.29, 0.717) is 29.2 Å². The molecule has 0 saturated heterocycles. The number of aromatic nitrogens is 2. The molecule has 0 aliphatic heterocycles. The minimum absolute atomic E-state index is 0.249. The quantitative estimate of drug-likeness (QED) is 0.724. The normalized spacial score (nSPS) is 11.1. The van der Waals surface area contributed by atoms with Crippen molar-refractivity contribution in [2.75, 3.05) is 19.0 Å². The molecule has 0 bridgehead atoms. The maximum absolute atomic E-state index is 12.0. The number of rotatable bonds is 8. The summed E-state index contributed by atoms with van der Waals surface area (Å²) < 4.78 is 10.8. The van der Waals surface area contributed by atoms with Crippen molar-refractivity contribution >= 4 is 28.5 Å². The summed E-state index contributed by atoms with van der Waals surface area (Å²) in [5, 5.41) is 12.2. The molecule has 0 fully saturated rings. The van der Waals surface area contributed by atoms with Gasteiger partial charge in [0.15, 0.2) is 11.5 Å². The number of hydrogen-bond acceptors (Lipinski definition) is 6. The molecule has 2 aromatic rings. The Kier molecular flexibility index (Phi) is 6.94. The van der Waals surface area contributed by atoms with Crippen LogP contribution in [0.2, 0.25) is 0 Å². The van der Waals surface area contributed by atoms with E-state index in [9.17, 15) is 4.79 Å². The second-order valence-electron chi connectivity index (χ2n) is 5.76. The lowest BCUT2D eigenvalue weighted by Gasteiger charge is -2.09. The van der Waals surface area contributed by atoms with Crippen LogP contribution >= 0.6 is 11.3 Å². The summed E-state index contributed by atoms with van der Waals surface area (Å²) in [4.78, 5) is 12.0. The molecule has 0 saturated carbocycles. The number of nitrogens with zero attached hydrogens (tertiary/aromatic N) is 2. The topological polar surface area (TPSA) is 73.3 Å². The fourth-order valence-corrected chi connectivity index (χ4v) is 3.07. The van der Waals surface area contributed by atoms with Gasteiger partial charge in [0.05, 0.1) is 13.7 Å². The van der Waals surface area contributed by atoms with E-state index in [-0.39, 0.29) is 5.91 Å². The molecule has 25 heavy (non-hydrogen) atoms. The molecule has 0 unspecified atom stereocenters. The van der Waals surface area contributed by atoms with E-state index < -0.39 is 0 Å². The highest BCUT2D eigenvalue weighted by Crippen LogP contribution is 2.28. The molecule has 0 atom stereocenters. The summed E-state index contributed by atoms with van der Waals surface area (Å²) in [6.07, 6.45) is 4.03. The molecular weight excluding hydrogens is 338 g/mol. The molecule has 0 radical (unpaired) electrons. The predicted molar refractivity (Wildman–Crippen MR) is 100 cm³/mol. The highest BCUT2D eigenvalue weighted by molar-refractivity contribution is 7.15. The number of methoxy groups -OCH3 is 1. The Balaban J connectivity index is 2.00. The molecular formula is C18H23N3O3S. The Morgan fingerprint density at radius 2 is 2.12 bits per heavy atom. The SMILES string of the molecule is CCOc1cc(/C=C/C(=O)Nc2nnc(CC(C)C)s2)ccc1OC. The van der Waals surface area contributed by atoms with Gasteiger partial charge in [-0.25, -0.2) is 0 Å². The zero-order valence-corrected chi connectivity index (χ0v) is 15.7. The van der Waals surface area contributed by atoms with Crippen molar-refractivity contribution in [3.05, 3.63) is 34.8 Å². The average Bonchev–Trinajstić information content (AvgIpc) is 2.99. The van der Waals surface area contributed by atoms with Crippen molar-refractivity contribution in [3.63, 3.8) is 0 Å². The van der Waals surface area contributed by atoms with Crippen molar-refractivity contribution in [1.82, 2.24) is 10.2 Å². The second-order valence-corrected chi connectivity index (χ2v) is 6.83. The fourth-order valence-electron chi connectivity index (χ4n) is 2.12. The Morgan fingerprint density at radius 1 is 1.32 bits per heavy atom. The molecule has 0 aliphatic carbocycles. The second kappa shape index (κ2) is 9.17. The first-order chi connectivity index (χ1) is 12.0. The van der Waals surface area contributed by atoms with Crippen LogP contribution in [0, 0.1) is 5.92 Å². The van der Waals surface area contributed by atoms with Gasteiger partial charge in [0, 0.05) is 12.5 Å². The van der Waals surface area contributed by atoms with Gasteiger partial charge in [0.2, 0.25) is 11.0 Å². The van der Waals surface area contributed by atoms with Crippen LogP contribution in [0.4, 0.5) is 5.13 Å². The molecule has 1 heterocycles. The Morgan fingerprint density at radius 3 is 2.80 bits per heavy atom. The van der Waals surface area contributed by atoms with E-state index in [1.165, 1.54) is 17.4 Å². The molecule has 134 valence electrons. The van der Waals surface area contributed by atoms with Gasteiger partial charge in [-0.05, 0) is 36.6 Å². The fraction of sp³-hybridized carbons (Fsp3) is 0.389. The first-order valence-corrected chi connectivity index (χ1v) is 8.95. The number of amides is 1. The lowest BCUT2D eigenvalue weighted by atomic mass is 10.1. The van der Waals surface area contributed by atoms with Gasteiger partial charge in [-0.3, -0.25) is 10.1 Å². The van der Waals surface area contributed by atoms with Crippen LogP contribution in [-0.2, 0) is 11.2 Å². The number of anilines is 1. The van der Waals surface area contributed by atoms with E-state index in [4.69, 9.17) is 9.47 Å². The van der Waals surface area contributed by atoms with Gasteiger partial charge < -0.3 is 9.47 Å². The minimum Gasteiger partial charge on any atom is -0.493 e. The molecule has 0 spiro atoms. The lowest BCUT2D eigenvalue weighted by Crippen LogP contribution is -2.07. The molecule has 1 aromatic heterocycles. The third kappa shape index (κ3) is 5.86. The van der Waals surface area contributed by atoms with E-state index in [0.717, 1.165) is 17.0 Å². The van der Waals surface area contributed by atoms with Gasteiger partial charge >= 0.3 is 0 Å². The number of carbonyl (C=O) groups is 1. The largest absolute Gasteiger partial charge is 0.493 e. The third-order valence-electron chi connectivity index (χ3n) is 3.19. The van der Waals surface area contributed by atoms with Gasteiger partial charge in [-0.15, -0.1) is 10.2 Å². The number of ether oxygens (including phenoxy) is 2. The number of carbonyl (C=O) groups excluding carboxylic acids is 1. The molecule has 1 N–H and O–H groups in total. The van der Waals surface area contributed by atoms with E-state index in [2.05, 4.69) is 29.4 Å². The monoisotopic (exact) mass is 361 g/mol. The van der Waals surface area contributed by atoms with Crippen molar-refractivity contribution < 1.29 is 14.3 Å². The summed E-state index contributed by atoms with van der Waals surface area (Å²) in [6, 6.07) is 5.50. The van der Waals surface area contributed by atoms with Gasteiger partial charge in [0.25, 0.3) is 0 Å². The smallest absolute Gasteiger partial charge is 0.250 e. The molecule has 6 nitrogen and oxygen atoms in total. The van der Waals surface area contributed by atoms with Gasteiger partial charge in [-0.1, -0.05) is 31.3 Å². The maximum atomic E-state index is 12.0.